The molecule has 0 spiro atoms. The van der Waals surface area contributed by atoms with Crippen molar-refractivity contribution in [3.63, 3.8) is 0 Å². The van der Waals surface area contributed by atoms with Crippen LogP contribution in [0, 0.1) is 10.1 Å². The third-order valence-electron chi connectivity index (χ3n) is 4.14. The Morgan fingerprint density at radius 2 is 1.67 bits per heavy atom. The zero-order valence-electron chi connectivity index (χ0n) is 16.6. The fraction of sp³-hybridized carbons (Fsp3) is 0.250. The van der Waals surface area contributed by atoms with E-state index in [9.17, 15) is 24.5 Å². The summed E-state index contributed by atoms with van der Waals surface area (Å²) < 4.78 is 14.7. The molecule has 158 valence electrons. The Balaban J connectivity index is 2.07. The van der Waals surface area contributed by atoms with Crippen molar-refractivity contribution < 1.29 is 33.5 Å². The van der Waals surface area contributed by atoms with Crippen molar-refractivity contribution in [2.75, 3.05) is 27.9 Å². The van der Waals surface area contributed by atoms with Crippen molar-refractivity contribution in [2.24, 2.45) is 0 Å². The van der Waals surface area contributed by atoms with Gasteiger partial charge in [-0.2, -0.15) is 0 Å². The summed E-state index contributed by atoms with van der Waals surface area (Å²) >= 11 is 0. The number of ether oxygens (including phenoxy) is 3. The first-order valence-corrected chi connectivity index (χ1v) is 8.67. The molecule has 0 saturated carbocycles. The highest BCUT2D eigenvalue weighted by Crippen LogP contribution is 2.20. The van der Waals surface area contributed by atoms with E-state index in [1.165, 1.54) is 19.1 Å². The summed E-state index contributed by atoms with van der Waals surface area (Å²) in [5, 5.41) is 11.1. The second-order valence-electron chi connectivity index (χ2n) is 6.16. The number of carbonyl (C=O) groups excluding carboxylic acids is 3. The van der Waals surface area contributed by atoms with Crippen LogP contribution in [0.15, 0.2) is 42.5 Å². The lowest BCUT2D eigenvalue weighted by molar-refractivity contribution is -0.384. The topological polar surface area (TPSA) is 125 Å². The second-order valence-corrected chi connectivity index (χ2v) is 6.16. The first-order valence-electron chi connectivity index (χ1n) is 8.67. The summed E-state index contributed by atoms with van der Waals surface area (Å²) in [7, 11) is 4.16. The van der Waals surface area contributed by atoms with E-state index < -0.39 is 35.1 Å². The number of amides is 1. The molecule has 0 radical (unpaired) electrons. The molecule has 0 aromatic heterocycles. The Morgan fingerprint density at radius 3 is 2.27 bits per heavy atom. The molecular formula is C20H20N2O8. The van der Waals surface area contributed by atoms with Crippen molar-refractivity contribution in [1.29, 1.82) is 0 Å². The highest BCUT2D eigenvalue weighted by atomic mass is 16.6. The van der Waals surface area contributed by atoms with Gasteiger partial charge in [-0.1, -0.05) is 18.2 Å². The summed E-state index contributed by atoms with van der Waals surface area (Å²) in [6.45, 7) is -0.357. The SMILES string of the molecule is COC(=O)c1cc(C(=O)OCC(=O)N(C)Cc2ccccc2OC)cc([N+](=O)[O-])c1. The van der Waals surface area contributed by atoms with Gasteiger partial charge in [0.05, 0.1) is 30.3 Å². The molecule has 1 amide bonds. The summed E-state index contributed by atoms with van der Waals surface area (Å²) in [5.41, 5.74) is -0.143. The molecule has 2 rings (SSSR count). The van der Waals surface area contributed by atoms with Crippen LogP contribution in [0.1, 0.15) is 26.3 Å². The summed E-state index contributed by atoms with van der Waals surface area (Å²) in [6, 6.07) is 10.2. The van der Waals surface area contributed by atoms with Gasteiger partial charge < -0.3 is 19.1 Å². The van der Waals surface area contributed by atoms with E-state index in [2.05, 4.69) is 4.74 Å². The van der Waals surface area contributed by atoms with Crippen LogP contribution in [0.2, 0.25) is 0 Å². The molecule has 0 fully saturated rings. The number of rotatable bonds is 8. The van der Waals surface area contributed by atoms with Crippen LogP contribution in [-0.2, 0) is 20.8 Å². The van der Waals surface area contributed by atoms with Gasteiger partial charge in [0.25, 0.3) is 11.6 Å². The second kappa shape index (κ2) is 10.0. The normalized spacial score (nSPS) is 10.1. The van der Waals surface area contributed by atoms with Gasteiger partial charge in [0.2, 0.25) is 0 Å². The van der Waals surface area contributed by atoms with Gasteiger partial charge in [0, 0.05) is 31.3 Å². The zero-order valence-corrected chi connectivity index (χ0v) is 16.6. The number of likely N-dealkylation sites (N-methyl/N-ethyl adjacent to an activating group) is 1. The Bertz CT molecular complexity index is 973. The monoisotopic (exact) mass is 416 g/mol. The van der Waals surface area contributed by atoms with Gasteiger partial charge in [-0.15, -0.1) is 0 Å². The molecule has 0 N–H and O–H groups in total. The number of non-ortho nitro benzene ring substituents is 1. The smallest absolute Gasteiger partial charge is 0.338 e. The number of hydrogen-bond donors (Lipinski definition) is 0. The van der Waals surface area contributed by atoms with Gasteiger partial charge in [0.1, 0.15) is 5.75 Å². The number of nitro benzene ring substituents is 1. The van der Waals surface area contributed by atoms with Crippen molar-refractivity contribution in [2.45, 2.75) is 6.54 Å². The van der Waals surface area contributed by atoms with E-state index in [0.29, 0.717) is 5.75 Å². The third-order valence-corrected chi connectivity index (χ3v) is 4.14. The highest BCUT2D eigenvalue weighted by molar-refractivity contribution is 5.97. The minimum Gasteiger partial charge on any atom is -0.496 e. The maximum absolute atomic E-state index is 12.3. The van der Waals surface area contributed by atoms with Gasteiger partial charge in [0.15, 0.2) is 6.61 Å². The quantitative estimate of drug-likeness (QED) is 0.364. The van der Waals surface area contributed by atoms with Gasteiger partial charge in [-0.3, -0.25) is 14.9 Å². The molecule has 10 nitrogen and oxygen atoms in total. The number of hydrogen-bond acceptors (Lipinski definition) is 8. The number of nitro groups is 1. The van der Waals surface area contributed by atoms with Crippen LogP contribution >= 0.6 is 0 Å². The predicted molar refractivity (Wildman–Crippen MR) is 104 cm³/mol. The number of nitrogens with zero attached hydrogens (tertiary/aromatic N) is 2. The Kier molecular flexibility index (Phi) is 7.45. The first-order chi connectivity index (χ1) is 14.3. The molecule has 10 heteroatoms. The fourth-order valence-electron chi connectivity index (χ4n) is 2.57. The standard InChI is InChI=1S/C20H20N2O8/c1-21(11-13-6-4-5-7-17(13)28-2)18(23)12-30-20(25)15-8-14(19(24)29-3)9-16(10-15)22(26)27/h4-10H,11-12H2,1-3H3. The predicted octanol–water partition coefficient (Wildman–Crippen LogP) is 2.21. The molecule has 0 aliphatic heterocycles. The summed E-state index contributed by atoms with van der Waals surface area (Å²) in [4.78, 5) is 47.9. The van der Waals surface area contributed by atoms with Crippen molar-refractivity contribution in [1.82, 2.24) is 4.90 Å². The van der Waals surface area contributed by atoms with Gasteiger partial charge >= 0.3 is 11.9 Å². The third kappa shape index (κ3) is 5.53. The molecular weight excluding hydrogens is 396 g/mol. The highest BCUT2D eigenvalue weighted by Gasteiger charge is 2.21. The minimum atomic E-state index is -0.983. The Morgan fingerprint density at radius 1 is 1.03 bits per heavy atom. The number of esters is 2. The van der Waals surface area contributed by atoms with E-state index in [0.717, 1.165) is 30.9 Å². The maximum atomic E-state index is 12.3. The van der Waals surface area contributed by atoms with Crippen LogP contribution in [-0.4, -0.2) is 55.5 Å². The first kappa shape index (κ1) is 22.3. The van der Waals surface area contributed by atoms with Crippen LogP contribution in [0.25, 0.3) is 0 Å². The van der Waals surface area contributed by atoms with Gasteiger partial charge in [-0.25, -0.2) is 9.59 Å². The van der Waals surface area contributed by atoms with E-state index in [4.69, 9.17) is 9.47 Å². The molecule has 0 heterocycles. The Labute approximate surface area is 172 Å². The van der Waals surface area contributed by atoms with E-state index in [-0.39, 0.29) is 17.7 Å². The van der Waals surface area contributed by atoms with E-state index in [1.54, 1.807) is 24.3 Å². The molecule has 0 atom stereocenters. The van der Waals surface area contributed by atoms with Gasteiger partial charge in [-0.05, 0) is 12.1 Å². The summed E-state index contributed by atoms with van der Waals surface area (Å²) in [6.07, 6.45) is 0. The van der Waals surface area contributed by atoms with Crippen molar-refractivity contribution in [3.05, 3.63) is 69.3 Å². The van der Waals surface area contributed by atoms with Crippen LogP contribution in [0.5, 0.6) is 5.75 Å². The lowest BCUT2D eigenvalue weighted by atomic mass is 10.1. The van der Waals surface area contributed by atoms with E-state index >= 15 is 0 Å². The lowest BCUT2D eigenvalue weighted by Gasteiger charge is -2.18. The van der Waals surface area contributed by atoms with Crippen molar-refractivity contribution >= 4 is 23.5 Å². The maximum Gasteiger partial charge on any atom is 0.338 e. The molecule has 2 aromatic carbocycles. The molecule has 30 heavy (non-hydrogen) atoms. The molecule has 0 bridgehead atoms. The van der Waals surface area contributed by atoms with Crippen LogP contribution in [0.3, 0.4) is 0 Å². The molecule has 0 aliphatic carbocycles. The number of para-hydroxylation sites is 1. The Hall–Kier alpha value is -3.95. The molecule has 2 aromatic rings. The number of carbonyl (C=O) groups is 3. The van der Waals surface area contributed by atoms with Crippen molar-refractivity contribution in [3.8, 4) is 5.75 Å². The zero-order chi connectivity index (χ0) is 22.3. The summed E-state index contributed by atoms with van der Waals surface area (Å²) in [5.74, 6) is -1.71. The molecule has 0 unspecified atom stereocenters. The van der Waals surface area contributed by atoms with Crippen LogP contribution < -0.4 is 4.74 Å². The average molecular weight is 416 g/mol. The molecule has 0 saturated heterocycles. The average Bonchev–Trinajstić information content (AvgIpc) is 2.76. The largest absolute Gasteiger partial charge is 0.496 e. The number of methoxy groups -OCH3 is 2. The molecule has 0 aliphatic rings. The van der Waals surface area contributed by atoms with Crippen LogP contribution in [0.4, 0.5) is 5.69 Å². The number of benzene rings is 2. The minimum absolute atomic E-state index is 0.182. The van der Waals surface area contributed by atoms with E-state index in [1.807, 2.05) is 0 Å². The fourth-order valence-corrected chi connectivity index (χ4v) is 2.57. The lowest BCUT2D eigenvalue weighted by Crippen LogP contribution is -2.31.